The summed E-state index contributed by atoms with van der Waals surface area (Å²) in [5, 5.41) is 0.615. The van der Waals surface area contributed by atoms with Crippen LogP contribution in [0.4, 0.5) is 13.2 Å². The van der Waals surface area contributed by atoms with Crippen LogP contribution in [0.3, 0.4) is 0 Å². The first-order chi connectivity index (χ1) is 8.81. The summed E-state index contributed by atoms with van der Waals surface area (Å²) in [4.78, 5) is 11.5. The average molecular weight is 336 g/mol. The van der Waals surface area contributed by atoms with Crippen molar-refractivity contribution in [2.75, 3.05) is 7.11 Å². The fraction of sp³-hybridized carbons (Fsp3) is 0.250. The normalized spacial score (nSPS) is 11.8. The van der Waals surface area contributed by atoms with Crippen LogP contribution in [0, 0.1) is 0 Å². The molecular weight excluding hydrogens is 327 g/mol. The Morgan fingerprint density at radius 1 is 1.42 bits per heavy atom. The van der Waals surface area contributed by atoms with Crippen molar-refractivity contribution in [1.82, 2.24) is 4.57 Å². The van der Waals surface area contributed by atoms with Crippen molar-refractivity contribution in [2.24, 2.45) is 0 Å². The van der Waals surface area contributed by atoms with Gasteiger partial charge in [-0.1, -0.05) is 0 Å². The van der Waals surface area contributed by atoms with E-state index in [-0.39, 0.29) is 5.56 Å². The van der Waals surface area contributed by atoms with Crippen LogP contribution in [0.5, 0.6) is 0 Å². The van der Waals surface area contributed by atoms with Crippen molar-refractivity contribution < 1.29 is 22.7 Å². The molecule has 2 aromatic rings. The number of esters is 1. The highest BCUT2D eigenvalue weighted by Crippen LogP contribution is 2.28. The molecule has 0 N–H and O–H groups in total. The highest BCUT2D eigenvalue weighted by molar-refractivity contribution is 9.10. The van der Waals surface area contributed by atoms with Gasteiger partial charge in [0.15, 0.2) is 0 Å². The van der Waals surface area contributed by atoms with E-state index < -0.39 is 18.7 Å². The molecule has 102 valence electrons. The third-order valence-corrected chi connectivity index (χ3v) is 3.27. The number of rotatable bonds is 2. The van der Waals surface area contributed by atoms with E-state index in [0.29, 0.717) is 15.4 Å². The number of carbonyl (C=O) groups is 1. The quantitative estimate of drug-likeness (QED) is 0.782. The average Bonchev–Trinajstić information content (AvgIpc) is 2.67. The van der Waals surface area contributed by atoms with Crippen molar-refractivity contribution in [3.8, 4) is 0 Å². The van der Waals surface area contributed by atoms with E-state index in [9.17, 15) is 18.0 Å². The molecule has 1 heterocycles. The molecule has 0 aliphatic rings. The van der Waals surface area contributed by atoms with Crippen LogP contribution in [0.2, 0.25) is 0 Å². The Kier molecular flexibility index (Phi) is 3.58. The second kappa shape index (κ2) is 4.88. The van der Waals surface area contributed by atoms with E-state index in [2.05, 4.69) is 20.7 Å². The van der Waals surface area contributed by atoms with Crippen molar-refractivity contribution in [3.63, 3.8) is 0 Å². The minimum absolute atomic E-state index is 0.192. The minimum Gasteiger partial charge on any atom is -0.465 e. The lowest BCUT2D eigenvalue weighted by Crippen LogP contribution is -2.17. The number of hydrogen-bond acceptors (Lipinski definition) is 2. The molecule has 0 bridgehead atoms. The first-order valence-corrected chi connectivity index (χ1v) is 6.04. The zero-order valence-corrected chi connectivity index (χ0v) is 11.4. The highest BCUT2D eigenvalue weighted by atomic mass is 79.9. The number of halogens is 4. The summed E-state index contributed by atoms with van der Waals surface area (Å²) in [6.45, 7) is -1.10. The largest absolute Gasteiger partial charge is 0.465 e. The van der Waals surface area contributed by atoms with Crippen molar-refractivity contribution in [1.29, 1.82) is 0 Å². The number of benzene rings is 1. The Morgan fingerprint density at radius 3 is 2.68 bits per heavy atom. The molecule has 0 radical (unpaired) electrons. The van der Waals surface area contributed by atoms with Gasteiger partial charge in [-0.2, -0.15) is 13.2 Å². The van der Waals surface area contributed by atoms with E-state index in [1.165, 1.54) is 19.4 Å². The number of aromatic nitrogens is 1. The van der Waals surface area contributed by atoms with Gasteiger partial charge in [-0.15, -0.1) is 0 Å². The van der Waals surface area contributed by atoms with Gasteiger partial charge in [-0.05, 0) is 34.1 Å². The Balaban J connectivity index is 2.55. The number of fused-ring (bicyclic) bond motifs is 1. The summed E-state index contributed by atoms with van der Waals surface area (Å²) < 4.78 is 43.4. The van der Waals surface area contributed by atoms with Gasteiger partial charge in [0.2, 0.25) is 0 Å². The summed E-state index contributed by atoms with van der Waals surface area (Å²) in [5.74, 6) is -0.603. The predicted octanol–water partition coefficient (Wildman–Crippen LogP) is 3.75. The monoisotopic (exact) mass is 335 g/mol. The lowest BCUT2D eigenvalue weighted by Gasteiger charge is -2.10. The molecule has 0 atom stereocenters. The molecule has 0 aliphatic heterocycles. The number of carbonyl (C=O) groups excluding carboxylic acids is 1. The summed E-state index contributed by atoms with van der Waals surface area (Å²) >= 11 is 3.20. The van der Waals surface area contributed by atoms with Gasteiger partial charge in [-0.25, -0.2) is 4.79 Å². The molecule has 0 saturated carbocycles. The maximum Gasteiger partial charge on any atom is 0.406 e. The summed E-state index contributed by atoms with van der Waals surface area (Å²) in [5.41, 5.74) is 0.526. The van der Waals surface area contributed by atoms with Gasteiger partial charge in [0.1, 0.15) is 6.54 Å². The maximum atomic E-state index is 12.4. The molecule has 0 unspecified atom stereocenters. The fourth-order valence-corrected chi connectivity index (χ4v) is 2.33. The van der Waals surface area contributed by atoms with Crippen LogP contribution in [0.25, 0.3) is 10.9 Å². The molecule has 1 aromatic heterocycles. The SMILES string of the molecule is COC(=O)c1cc2c(ccn2CC(F)(F)F)cc1Br. The zero-order chi connectivity index (χ0) is 14.2. The first-order valence-electron chi connectivity index (χ1n) is 5.25. The van der Waals surface area contributed by atoms with Gasteiger partial charge >= 0.3 is 12.1 Å². The Morgan fingerprint density at radius 2 is 2.11 bits per heavy atom. The number of nitrogens with zero attached hydrogens (tertiary/aromatic N) is 1. The number of ether oxygens (including phenoxy) is 1. The first kappa shape index (κ1) is 13.9. The Labute approximate surface area is 115 Å². The standard InChI is InChI=1S/C12H9BrF3NO2/c1-19-11(18)8-5-10-7(4-9(8)13)2-3-17(10)6-12(14,15)16/h2-5H,6H2,1H3. The topological polar surface area (TPSA) is 31.2 Å². The third kappa shape index (κ3) is 2.91. The van der Waals surface area contributed by atoms with Gasteiger partial charge < -0.3 is 9.30 Å². The molecule has 0 fully saturated rings. The lowest BCUT2D eigenvalue weighted by molar-refractivity contribution is -0.139. The molecule has 2 rings (SSSR count). The number of hydrogen-bond donors (Lipinski definition) is 0. The van der Waals surface area contributed by atoms with Gasteiger partial charge in [0.05, 0.1) is 12.7 Å². The van der Waals surface area contributed by atoms with E-state index in [1.807, 2.05) is 0 Å². The van der Waals surface area contributed by atoms with Gasteiger partial charge in [0.25, 0.3) is 0 Å². The molecule has 0 aliphatic carbocycles. The van der Waals surface area contributed by atoms with E-state index >= 15 is 0 Å². The van der Waals surface area contributed by atoms with Crippen molar-refractivity contribution >= 4 is 32.8 Å². The third-order valence-electron chi connectivity index (χ3n) is 2.61. The molecule has 19 heavy (non-hydrogen) atoms. The van der Waals surface area contributed by atoms with Crippen LogP contribution in [-0.2, 0) is 11.3 Å². The Bertz CT molecular complexity index is 634. The zero-order valence-electron chi connectivity index (χ0n) is 9.79. The molecule has 0 saturated heterocycles. The molecule has 0 amide bonds. The van der Waals surface area contributed by atoms with Gasteiger partial charge in [0, 0.05) is 21.6 Å². The van der Waals surface area contributed by atoms with Crippen LogP contribution in [0.15, 0.2) is 28.9 Å². The van der Waals surface area contributed by atoms with Crippen molar-refractivity contribution in [3.05, 3.63) is 34.4 Å². The summed E-state index contributed by atoms with van der Waals surface area (Å²) in [6, 6.07) is 4.54. The predicted molar refractivity (Wildman–Crippen MR) is 67.0 cm³/mol. The molecule has 0 spiro atoms. The maximum absolute atomic E-state index is 12.4. The Hall–Kier alpha value is -1.50. The van der Waals surface area contributed by atoms with Gasteiger partial charge in [-0.3, -0.25) is 0 Å². The summed E-state index contributed by atoms with van der Waals surface area (Å²) in [6.07, 6.45) is -2.98. The lowest BCUT2D eigenvalue weighted by atomic mass is 10.1. The molecule has 7 heteroatoms. The molecule has 1 aromatic carbocycles. The fourth-order valence-electron chi connectivity index (χ4n) is 1.81. The molecule has 3 nitrogen and oxygen atoms in total. The van der Waals surface area contributed by atoms with Crippen LogP contribution in [0.1, 0.15) is 10.4 Å². The van der Waals surface area contributed by atoms with E-state index in [4.69, 9.17) is 0 Å². The summed E-state index contributed by atoms with van der Waals surface area (Å²) in [7, 11) is 1.22. The second-order valence-corrected chi connectivity index (χ2v) is 4.80. The molecular formula is C12H9BrF3NO2. The van der Waals surface area contributed by atoms with E-state index in [0.717, 1.165) is 4.57 Å². The highest BCUT2D eigenvalue weighted by Gasteiger charge is 2.28. The van der Waals surface area contributed by atoms with E-state index in [1.54, 1.807) is 12.1 Å². The van der Waals surface area contributed by atoms with Crippen molar-refractivity contribution in [2.45, 2.75) is 12.7 Å². The number of methoxy groups -OCH3 is 1. The van der Waals surface area contributed by atoms with Crippen LogP contribution < -0.4 is 0 Å². The van der Waals surface area contributed by atoms with Crippen LogP contribution in [-0.4, -0.2) is 23.8 Å². The number of alkyl halides is 3. The second-order valence-electron chi connectivity index (χ2n) is 3.94. The smallest absolute Gasteiger partial charge is 0.406 e. The minimum atomic E-state index is -4.32. The van der Waals surface area contributed by atoms with Crippen LogP contribution >= 0.6 is 15.9 Å².